The fourth-order valence-corrected chi connectivity index (χ4v) is 6.86. The number of fused-ring (bicyclic) bond motifs is 1. The Morgan fingerprint density at radius 1 is 0.909 bits per heavy atom. The maximum Gasteiger partial charge on any atom is 0.362 e. The van der Waals surface area contributed by atoms with Crippen LogP contribution in [0.4, 0.5) is 0 Å². The third kappa shape index (κ3) is 10.8. The van der Waals surface area contributed by atoms with Gasteiger partial charge < -0.3 is 9.47 Å². The van der Waals surface area contributed by atoms with E-state index < -0.39 is 5.97 Å². The van der Waals surface area contributed by atoms with Crippen LogP contribution in [0.5, 0.6) is 11.5 Å². The summed E-state index contributed by atoms with van der Waals surface area (Å²) in [6.45, 7) is 18.0. The first kappa shape index (κ1) is 36.4. The number of hydrogen-bond donors (Lipinski definition) is 0. The second kappa shape index (κ2) is 17.6. The molecule has 0 saturated carbocycles. The molecule has 1 aromatic carbocycles. The van der Waals surface area contributed by atoms with Gasteiger partial charge >= 0.3 is 5.97 Å². The lowest BCUT2D eigenvalue weighted by Gasteiger charge is -2.38. The number of benzene rings is 1. The number of alkyl halides is 1. The molecule has 3 unspecified atom stereocenters. The highest BCUT2D eigenvalue weighted by Gasteiger charge is 2.35. The van der Waals surface area contributed by atoms with Crippen LogP contribution in [-0.4, -0.2) is 22.4 Å². The molecule has 0 aliphatic carbocycles. The number of nitrogens with zero attached hydrogens (tertiary/aromatic N) is 1. The van der Waals surface area contributed by atoms with Crippen LogP contribution in [0, 0.1) is 38.5 Å². The van der Waals surface area contributed by atoms with Gasteiger partial charge in [0, 0.05) is 17.6 Å². The summed E-state index contributed by atoms with van der Waals surface area (Å²) in [4.78, 5) is 17.5. The number of ether oxygens (including phenoxy) is 2. The molecule has 44 heavy (non-hydrogen) atoms. The largest absolute Gasteiger partial charge is 0.487 e. The predicted octanol–water partition coefficient (Wildman–Crippen LogP) is 11.3. The van der Waals surface area contributed by atoms with E-state index in [9.17, 15) is 4.79 Å². The van der Waals surface area contributed by atoms with Gasteiger partial charge in [-0.15, -0.1) is 11.6 Å². The minimum Gasteiger partial charge on any atom is -0.487 e. The molecular formula is C39H60ClNO3. The van der Waals surface area contributed by atoms with Gasteiger partial charge in [0.15, 0.2) is 0 Å². The average molecular weight is 626 g/mol. The monoisotopic (exact) mass is 625 g/mol. The minimum atomic E-state index is -0.417. The molecule has 1 aliphatic rings. The molecule has 0 saturated heterocycles. The third-order valence-corrected chi connectivity index (χ3v) is 10.2. The normalized spacial score (nSPS) is 17.7. The number of aryl methyl sites for hydroxylation is 1. The van der Waals surface area contributed by atoms with Crippen molar-refractivity contribution in [2.24, 2.45) is 17.8 Å². The number of aromatic nitrogens is 1. The van der Waals surface area contributed by atoms with E-state index in [4.69, 9.17) is 21.1 Å². The maximum atomic E-state index is 13.1. The van der Waals surface area contributed by atoms with Crippen molar-refractivity contribution in [3.63, 3.8) is 0 Å². The van der Waals surface area contributed by atoms with Crippen LogP contribution >= 0.6 is 11.6 Å². The highest BCUT2D eigenvalue weighted by atomic mass is 35.5. The second-order valence-corrected chi connectivity index (χ2v) is 14.9. The second-order valence-electron chi connectivity index (χ2n) is 14.5. The molecule has 0 bridgehead atoms. The lowest BCUT2D eigenvalue weighted by molar-refractivity contribution is 0.0508. The van der Waals surface area contributed by atoms with E-state index in [-0.39, 0.29) is 5.60 Å². The highest BCUT2D eigenvalue weighted by molar-refractivity contribution is 6.17. The molecule has 3 atom stereocenters. The molecule has 5 heteroatoms. The van der Waals surface area contributed by atoms with Gasteiger partial charge in [0.05, 0.1) is 0 Å². The Morgan fingerprint density at radius 3 is 2.18 bits per heavy atom. The fourth-order valence-electron chi connectivity index (χ4n) is 6.67. The zero-order valence-corrected chi connectivity index (χ0v) is 29.9. The number of pyridine rings is 1. The Morgan fingerprint density at radius 2 is 1.57 bits per heavy atom. The van der Waals surface area contributed by atoms with Crippen molar-refractivity contribution in [2.45, 2.75) is 151 Å². The molecule has 3 rings (SSSR count). The number of unbranched alkanes of at least 4 members (excludes halogenated alkanes) is 1. The van der Waals surface area contributed by atoms with E-state index in [1.807, 2.05) is 13.0 Å². The Labute approximate surface area is 274 Å². The Hall–Kier alpha value is -2.07. The average Bonchev–Trinajstić information content (AvgIpc) is 2.98. The molecule has 0 spiro atoms. The van der Waals surface area contributed by atoms with Crippen molar-refractivity contribution in [1.82, 2.24) is 4.98 Å². The van der Waals surface area contributed by atoms with Crippen LogP contribution in [0.25, 0.3) is 0 Å². The molecule has 4 nitrogen and oxygen atoms in total. The van der Waals surface area contributed by atoms with Gasteiger partial charge in [-0.2, -0.15) is 0 Å². The Bertz CT molecular complexity index is 1190. The number of hydrogen-bond acceptors (Lipinski definition) is 4. The van der Waals surface area contributed by atoms with Crippen LogP contribution < -0.4 is 9.47 Å². The molecule has 1 aliphatic heterocycles. The van der Waals surface area contributed by atoms with Gasteiger partial charge in [0.25, 0.3) is 0 Å². The zero-order chi connectivity index (χ0) is 32.3. The van der Waals surface area contributed by atoms with E-state index in [1.165, 1.54) is 56.9 Å². The summed E-state index contributed by atoms with van der Waals surface area (Å²) in [7, 11) is 0. The molecule has 0 N–H and O–H groups in total. The van der Waals surface area contributed by atoms with Crippen molar-refractivity contribution in [3.8, 4) is 11.5 Å². The van der Waals surface area contributed by atoms with Gasteiger partial charge in [-0.3, -0.25) is 0 Å². The van der Waals surface area contributed by atoms with E-state index in [0.717, 1.165) is 84.3 Å². The number of esters is 1. The van der Waals surface area contributed by atoms with Crippen molar-refractivity contribution in [1.29, 1.82) is 0 Å². The number of halogens is 1. The Kier molecular flexibility index (Phi) is 14.5. The fraction of sp³-hybridized carbons (Fsp3) is 0.692. The molecular weight excluding hydrogens is 566 g/mol. The maximum absolute atomic E-state index is 13.1. The SMILES string of the molecule is Cc1c(C)c2c(c(C)c1OC(=O)c1ccc(CCCCCl)cn1)CCC(C)(CCCC(C)CCCC(C)CCCC(C)C)O2. The van der Waals surface area contributed by atoms with Crippen LogP contribution in [0.1, 0.15) is 150 Å². The predicted molar refractivity (Wildman–Crippen MR) is 186 cm³/mol. The van der Waals surface area contributed by atoms with Crippen molar-refractivity contribution < 1.29 is 14.3 Å². The Balaban J connectivity index is 1.53. The van der Waals surface area contributed by atoms with E-state index >= 15 is 0 Å². The van der Waals surface area contributed by atoms with E-state index in [0.29, 0.717) is 17.3 Å². The molecule has 246 valence electrons. The molecule has 0 amide bonds. The van der Waals surface area contributed by atoms with Gasteiger partial charge in [-0.25, -0.2) is 9.78 Å². The smallest absolute Gasteiger partial charge is 0.362 e. The van der Waals surface area contributed by atoms with Crippen LogP contribution in [0.3, 0.4) is 0 Å². The first-order valence-corrected chi connectivity index (χ1v) is 18.0. The minimum absolute atomic E-state index is 0.158. The number of rotatable bonds is 18. The number of carbonyl (C=O) groups is 1. The van der Waals surface area contributed by atoms with Gasteiger partial charge in [0.2, 0.25) is 0 Å². The summed E-state index contributed by atoms with van der Waals surface area (Å²) < 4.78 is 12.8. The summed E-state index contributed by atoms with van der Waals surface area (Å²) in [5.74, 6) is 4.34. The lowest BCUT2D eigenvalue weighted by atomic mass is 9.83. The quantitative estimate of drug-likeness (QED) is 0.0715. The van der Waals surface area contributed by atoms with Crippen molar-refractivity contribution in [3.05, 3.63) is 51.8 Å². The molecule has 0 radical (unpaired) electrons. The van der Waals surface area contributed by atoms with E-state index in [2.05, 4.69) is 53.5 Å². The summed E-state index contributed by atoms with van der Waals surface area (Å²) in [5, 5.41) is 0. The van der Waals surface area contributed by atoms with Crippen LogP contribution in [0.2, 0.25) is 0 Å². The van der Waals surface area contributed by atoms with Gasteiger partial charge in [-0.05, 0) is 119 Å². The summed E-state index contributed by atoms with van der Waals surface area (Å²) >= 11 is 5.79. The van der Waals surface area contributed by atoms with Crippen molar-refractivity contribution in [2.75, 3.05) is 5.88 Å². The first-order chi connectivity index (χ1) is 20.9. The van der Waals surface area contributed by atoms with E-state index in [1.54, 1.807) is 12.3 Å². The first-order valence-electron chi connectivity index (χ1n) is 17.5. The standard InChI is InChI=1S/C39H60ClNO3/c1-27(2)14-11-15-28(3)16-12-17-29(4)18-13-23-39(8)24-22-34-32(7)36(30(5)31(6)37(34)44-39)43-38(42)35-21-20-33(26-41-35)19-9-10-25-40/h20-21,26-29H,9-19,22-25H2,1-8H3. The zero-order valence-electron chi connectivity index (χ0n) is 29.1. The molecule has 1 aromatic heterocycles. The molecule has 0 fully saturated rings. The summed E-state index contributed by atoms with van der Waals surface area (Å²) in [6.07, 6.45) is 18.3. The molecule has 2 aromatic rings. The summed E-state index contributed by atoms with van der Waals surface area (Å²) in [6, 6.07) is 3.72. The highest BCUT2D eigenvalue weighted by Crippen LogP contribution is 2.45. The molecule has 2 heterocycles. The lowest BCUT2D eigenvalue weighted by Crippen LogP contribution is -2.37. The summed E-state index contributed by atoms with van der Waals surface area (Å²) in [5.41, 5.74) is 5.48. The van der Waals surface area contributed by atoms with Crippen LogP contribution in [-0.2, 0) is 12.8 Å². The topological polar surface area (TPSA) is 48.4 Å². The van der Waals surface area contributed by atoms with Crippen LogP contribution in [0.15, 0.2) is 18.3 Å². The van der Waals surface area contributed by atoms with Crippen molar-refractivity contribution >= 4 is 17.6 Å². The van der Waals surface area contributed by atoms with Gasteiger partial charge in [0.1, 0.15) is 22.8 Å². The third-order valence-electron chi connectivity index (χ3n) is 9.92. The van der Waals surface area contributed by atoms with Gasteiger partial charge in [-0.1, -0.05) is 78.7 Å². The number of carbonyl (C=O) groups excluding carboxylic acids is 1.